The van der Waals surface area contributed by atoms with Crippen molar-refractivity contribution in [3.8, 4) is 11.5 Å². The molecule has 0 atom stereocenters. The van der Waals surface area contributed by atoms with Gasteiger partial charge in [-0.05, 0) is 24.3 Å². The number of nitrogens with zero attached hydrogens (tertiary/aromatic N) is 3. The van der Waals surface area contributed by atoms with Crippen LogP contribution in [0.15, 0.2) is 36.4 Å². The van der Waals surface area contributed by atoms with Gasteiger partial charge in [0.1, 0.15) is 11.3 Å². The van der Waals surface area contributed by atoms with E-state index in [1.165, 1.54) is 0 Å². The van der Waals surface area contributed by atoms with Crippen LogP contribution in [-0.2, 0) is 0 Å². The molecule has 0 N–H and O–H groups in total. The summed E-state index contributed by atoms with van der Waals surface area (Å²) in [5.74, 6) is 1.20. The maximum Gasteiger partial charge on any atom is 0.257 e. The van der Waals surface area contributed by atoms with E-state index in [0.29, 0.717) is 35.2 Å². The molecule has 3 aromatic rings. The summed E-state index contributed by atoms with van der Waals surface area (Å²) in [5.41, 5.74) is 1.38. The number of anilines is 1. The predicted octanol–water partition coefficient (Wildman–Crippen LogP) is 3.93. The van der Waals surface area contributed by atoms with Crippen LogP contribution in [-0.4, -0.2) is 56.2 Å². The van der Waals surface area contributed by atoms with Crippen molar-refractivity contribution in [3.63, 3.8) is 0 Å². The highest BCUT2D eigenvalue weighted by Crippen LogP contribution is 2.38. The Morgan fingerprint density at radius 2 is 1.82 bits per heavy atom. The Balaban J connectivity index is 1.50. The van der Waals surface area contributed by atoms with Crippen LogP contribution in [0.25, 0.3) is 10.2 Å². The lowest BCUT2D eigenvalue weighted by Gasteiger charge is -2.34. The maximum absolute atomic E-state index is 12.9. The van der Waals surface area contributed by atoms with Crippen LogP contribution in [0, 0.1) is 0 Å². The molecule has 2 heterocycles. The molecule has 0 spiro atoms. The lowest BCUT2D eigenvalue weighted by Crippen LogP contribution is -2.48. The molecule has 1 saturated heterocycles. The first-order chi connectivity index (χ1) is 13.6. The zero-order chi connectivity index (χ0) is 19.7. The third kappa shape index (κ3) is 3.36. The van der Waals surface area contributed by atoms with E-state index in [9.17, 15) is 4.79 Å². The molecular weight excluding hydrogens is 398 g/mol. The number of hydrogen-bond donors (Lipinski definition) is 0. The van der Waals surface area contributed by atoms with Gasteiger partial charge in [-0.1, -0.05) is 35.1 Å². The SMILES string of the molecule is COc1ccccc1C(=O)N1CCN(c2nc3c(OC)c(Cl)ccc3s2)CC1. The second-order valence-electron chi connectivity index (χ2n) is 6.40. The Bertz CT molecular complexity index is 1020. The van der Waals surface area contributed by atoms with Crippen molar-refractivity contribution in [2.75, 3.05) is 45.3 Å². The molecule has 1 aliphatic heterocycles. The maximum atomic E-state index is 12.9. The molecule has 28 heavy (non-hydrogen) atoms. The summed E-state index contributed by atoms with van der Waals surface area (Å²) in [6, 6.07) is 11.1. The molecular formula is C20H20ClN3O3S. The van der Waals surface area contributed by atoms with Gasteiger partial charge in [-0.15, -0.1) is 0 Å². The van der Waals surface area contributed by atoms with Crippen molar-refractivity contribution in [3.05, 3.63) is 47.0 Å². The van der Waals surface area contributed by atoms with Crippen molar-refractivity contribution >= 4 is 44.2 Å². The third-order valence-corrected chi connectivity index (χ3v) is 6.21. The van der Waals surface area contributed by atoms with E-state index in [4.69, 9.17) is 26.1 Å². The Morgan fingerprint density at radius 1 is 1.07 bits per heavy atom. The zero-order valence-corrected chi connectivity index (χ0v) is 17.2. The number of carbonyl (C=O) groups excluding carboxylic acids is 1. The number of carbonyl (C=O) groups is 1. The molecule has 1 fully saturated rings. The Labute approximate surface area is 172 Å². The van der Waals surface area contributed by atoms with Gasteiger partial charge in [-0.3, -0.25) is 4.79 Å². The summed E-state index contributed by atoms with van der Waals surface area (Å²) in [5, 5.41) is 1.47. The van der Waals surface area contributed by atoms with Gasteiger partial charge in [0.25, 0.3) is 5.91 Å². The minimum absolute atomic E-state index is 0.00477. The average Bonchev–Trinajstić information content (AvgIpc) is 3.17. The number of fused-ring (bicyclic) bond motifs is 1. The fourth-order valence-corrected chi connectivity index (χ4v) is 4.60. The molecule has 2 aromatic carbocycles. The minimum Gasteiger partial charge on any atom is -0.496 e. The Hall–Kier alpha value is -2.51. The summed E-state index contributed by atoms with van der Waals surface area (Å²) in [6.45, 7) is 2.70. The van der Waals surface area contributed by atoms with Crippen LogP contribution in [0.3, 0.4) is 0 Å². The highest BCUT2D eigenvalue weighted by Gasteiger charge is 2.26. The van der Waals surface area contributed by atoms with Crippen molar-refractivity contribution in [2.45, 2.75) is 0 Å². The first kappa shape index (κ1) is 18.8. The smallest absolute Gasteiger partial charge is 0.257 e. The summed E-state index contributed by atoms with van der Waals surface area (Å²) in [4.78, 5) is 21.7. The topological polar surface area (TPSA) is 54.9 Å². The van der Waals surface area contributed by atoms with Gasteiger partial charge < -0.3 is 19.3 Å². The second-order valence-corrected chi connectivity index (χ2v) is 7.82. The predicted molar refractivity (Wildman–Crippen MR) is 112 cm³/mol. The zero-order valence-electron chi connectivity index (χ0n) is 15.6. The number of piperazine rings is 1. The van der Waals surface area contributed by atoms with E-state index in [2.05, 4.69) is 4.90 Å². The molecule has 1 aromatic heterocycles. The molecule has 0 bridgehead atoms. The number of rotatable bonds is 4. The molecule has 0 radical (unpaired) electrons. The van der Waals surface area contributed by atoms with E-state index < -0.39 is 0 Å². The van der Waals surface area contributed by atoms with Crippen molar-refractivity contribution in [2.24, 2.45) is 0 Å². The summed E-state index contributed by atoms with van der Waals surface area (Å²) >= 11 is 7.81. The van der Waals surface area contributed by atoms with E-state index in [-0.39, 0.29) is 5.91 Å². The number of hydrogen-bond acceptors (Lipinski definition) is 6. The lowest BCUT2D eigenvalue weighted by molar-refractivity contribution is 0.0743. The Kier molecular flexibility index (Phi) is 5.28. The quantitative estimate of drug-likeness (QED) is 0.643. The Morgan fingerprint density at radius 3 is 2.54 bits per heavy atom. The van der Waals surface area contributed by atoms with Gasteiger partial charge in [0.05, 0.1) is 29.5 Å². The third-order valence-electron chi connectivity index (χ3n) is 4.83. The largest absolute Gasteiger partial charge is 0.496 e. The highest BCUT2D eigenvalue weighted by atomic mass is 35.5. The van der Waals surface area contributed by atoms with Crippen LogP contribution in [0.5, 0.6) is 11.5 Å². The van der Waals surface area contributed by atoms with E-state index in [1.807, 2.05) is 35.2 Å². The number of ether oxygens (including phenoxy) is 2. The number of halogens is 1. The van der Waals surface area contributed by atoms with Crippen LogP contribution in [0.4, 0.5) is 5.13 Å². The van der Waals surface area contributed by atoms with Crippen LogP contribution in [0.1, 0.15) is 10.4 Å². The highest BCUT2D eigenvalue weighted by molar-refractivity contribution is 7.22. The number of para-hydroxylation sites is 1. The number of aromatic nitrogens is 1. The second kappa shape index (κ2) is 7.85. The first-order valence-electron chi connectivity index (χ1n) is 8.92. The fraction of sp³-hybridized carbons (Fsp3) is 0.300. The molecule has 6 nitrogen and oxygen atoms in total. The lowest BCUT2D eigenvalue weighted by atomic mass is 10.1. The number of amides is 1. The summed E-state index contributed by atoms with van der Waals surface area (Å²) in [7, 11) is 3.18. The van der Waals surface area contributed by atoms with Crippen molar-refractivity contribution < 1.29 is 14.3 Å². The molecule has 1 aliphatic rings. The molecule has 1 amide bonds. The van der Waals surface area contributed by atoms with Crippen LogP contribution < -0.4 is 14.4 Å². The van der Waals surface area contributed by atoms with Crippen LogP contribution >= 0.6 is 22.9 Å². The van der Waals surface area contributed by atoms with Gasteiger partial charge in [-0.25, -0.2) is 4.98 Å². The van der Waals surface area contributed by atoms with Gasteiger partial charge >= 0.3 is 0 Å². The summed E-state index contributed by atoms with van der Waals surface area (Å²) in [6.07, 6.45) is 0. The summed E-state index contributed by atoms with van der Waals surface area (Å²) < 4.78 is 11.8. The van der Waals surface area contributed by atoms with Gasteiger partial charge in [0.15, 0.2) is 10.9 Å². The van der Waals surface area contributed by atoms with Gasteiger partial charge in [0, 0.05) is 26.2 Å². The molecule has 4 rings (SSSR count). The fourth-order valence-electron chi connectivity index (χ4n) is 3.36. The molecule has 0 unspecified atom stereocenters. The van der Waals surface area contributed by atoms with E-state index >= 15 is 0 Å². The number of benzene rings is 2. The minimum atomic E-state index is -0.00477. The molecule has 8 heteroatoms. The van der Waals surface area contributed by atoms with E-state index in [1.54, 1.807) is 31.6 Å². The van der Waals surface area contributed by atoms with Gasteiger partial charge in [-0.2, -0.15) is 0 Å². The normalized spacial score (nSPS) is 14.4. The standard InChI is InChI=1S/C20H20ClN3O3S/c1-26-15-6-4-3-5-13(15)19(25)23-9-11-24(12-10-23)20-22-17-16(28-20)8-7-14(21)18(17)27-2/h3-8H,9-12H2,1-2H3. The first-order valence-corrected chi connectivity index (χ1v) is 10.1. The monoisotopic (exact) mass is 417 g/mol. The number of thiazole rings is 1. The number of methoxy groups -OCH3 is 2. The average molecular weight is 418 g/mol. The van der Waals surface area contributed by atoms with Crippen molar-refractivity contribution in [1.82, 2.24) is 9.88 Å². The van der Waals surface area contributed by atoms with E-state index in [0.717, 1.165) is 28.4 Å². The molecule has 0 aliphatic carbocycles. The van der Waals surface area contributed by atoms with Crippen molar-refractivity contribution in [1.29, 1.82) is 0 Å². The molecule has 146 valence electrons. The molecule has 0 saturated carbocycles. The van der Waals surface area contributed by atoms with Crippen LogP contribution in [0.2, 0.25) is 5.02 Å². The van der Waals surface area contributed by atoms with Gasteiger partial charge in [0.2, 0.25) is 0 Å².